The standard InChI is InChI=1S/C45H54N4O14/c1-21-11-10-12-22(2)43(57)47-29-19-31(60-20-32(51)48-49-44(58)28-13-16-46-17-14-28)33-34(39(29)55)38(54)26(6)41-35(33)42(56)45(8,63-41)61-18-15-30(59-9)23(3)40(62-27(7)50)25(5)37(53)24(4)36(21)52/h10-19,21,23-25,30,36-37,40,52-55H,20H2,1-9H3,(H,47,57)(H,48,51)(H,49,58)/b11-10+,18-15+,22-12-/t21-,23+,24+,25+,30-,36-,37+,40+,45-/m0/s1. The zero-order valence-corrected chi connectivity index (χ0v) is 36.4. The van der Waals surface area contributed by atoms with Gasteiger partial charge >= 0.3 is 11.8 Å². The highest BCUT2D eigenvalue weighted by Crippen LogP contribution is 2.54. The lowest BCUT2D eigenvalue weighted by atomic mass is 9.78. The number of rotatable bonds is 6. The van der Waals surface area contributed by atoms with Gasteiger partial charge in [-0.2, -0.15) is 0 Å². The minimum atomic E-state index is -2.09. The number of ketones is 1. The van der Waals surface area contributed by atoms with Crippen LogP contribution >= 0.6 is 0 Å². The molecular formula is C45H54N4O14. The molecule has 6 rings (SSSR count). The summed E-state index contributed by atoms with van der Waals surface area (Å²) in [5.74, 6) is -9.87. The fourth-order valence-corrected chi connectivity index (χ4v) is 7.63. The van der Waals surface area contributed by atoms with Gasteiger partial charge in [0, 0.05) is 85.2 Å². The van der Waals surface area contributed by atoms with Crippen molar-refractivity contribution in [1.82, 2.24) is 15.8 Å². The molecule has 0 radical (unpaired) electrons. The molecule has 4 heterocycles. The maximum atomic E-state index is 14.5. The van der Waals surface area contributed by atoms with E-state index in [1.165, 1.54) is 77.7 Å². The normalized spacial score (nSPS) is 28.5. The molecule has 9 atom stereocenters. The number of Topliss-reactive ketones (excluding diaryl/α,β-unsaturated/α-hetero) is 1. The lowest BCUT2D eigenvalue weighted by Gasteiger charge is -2.38. The first-order chi connectivity index (χ1) is 29.7. The van der Waals surface area contributed by atoms with Crippen LogP contribution in [-0.2, 0) is 28.6 Å². The highest BCUT2D eigenvalue weighted by atomic mass is 16.7. The van der Waals surface area contributed by atoms with Gasteiger partial charge in [0.2, 0.25) is 0 Å². The second-order valence-corrected chi connectivity index (χ2v) is 15.9. The lowest BCUT2D eigenvalue weighted by Crippen LogP contribution is -2.46. The van der Waals surface area contributed by atoms with Crippen molar-refractivity contribution in [3.63, 3.8) is 0 Å². The molecule has 0 saturated carbocycles. The number of allylic oxidation sites excluding steroid dienone is 2. The molecule has 3 amide bonds. The predicted molar refractivity (Wildman–Crippen MR) is 227 cm³/mol. The van der Waals surface area contributed by atoms with Gasteiger partial charge in [0.1, 0.15) is 23.4 Å². The Morgan fingerprint density at radius 2 is 1.62 bits per heavy atom. The summed E-state index contributed by atoms with van der Waals surface area (Å²) in [5, 5.41) is 48.2. The number of hydrogen-bond donors (Lipinski definition) is 7. The third-order valence-corrected chi connectivity index (χ3v) is 11.4. The molecule has 0 spiro atoms. The van der Waals surface area contributed by atoms with E-state index in [0.717, 1.165) is 6.07 Å². The molecule has 338 valence electrons. The molecule has 0 aliphatic carbocycles. The number of pyridine rings is 1. The molecule has 3 aromatic rings. The molecule has 18 nitrogen and oxygen atoms in total. The zero-order chi connectivity index (χ0) is 46.5. The molecule has 5 bridgehead atoms. The highest BCUT2D eigenvalue weighted by molar-refractivity contribution is 6.21. The van der Waals surface area contributed by atoms with Crippen molar-refractivity contribution in [2.24, 2.45) is 23.7 Å². The first kappa shape index (κ1) is 47.5. The van der Waals surface area contributed by atoms with Crippen LogP contribution in [0.1, 0.15) is 74.7 Å². The molecule has 63 heavy (non-hydrogen) atoms. The van der Waals surface area contributed by atoms with E-state index in [9.17, 15) is 44.4 Å². The zero-order valence-electron chi connectivity index (χ0n) is 36.4. The van der Waals surface area contributed by atoms with Crippen molar-refractivity contribution in [3.05, 3.63) is 83.4 Å². The lowest BCUT2D eigenvalue weighted by molar-refractivity contribution is -0.160. The molecule has 1 aromatic heterocycles. The number of fused-ring (bicyclic) bond motifs is 14. The fraction of sp³-hybridized carbons (Fsp3) is 0.422. The molecule has 0 unspecified atom stereocenters. The summed E-state index contributed by atoms with van der Waals surface area (Å²) in [4.78, 5) is 69.8. The van der Waals surface area contributed by atoms with Crippen LogP contribution in [0.3, 0.4) is 0 Å². The maximum Gasteiger partial charge on any atom is 0.312 e. The van der Waals surface area contributed by atoms with Gasteiger partial charge in [-0.05, 0) is 32.1 Å². The summed E-state index contributed by atoms with van der Waals surface area (Å²) in [6, 6.07) is 4.02. The van der Waals surface area contributed by atoms with E-state index in [2.05, 4.69) is 21.2 Å². The maximum absolute atomic E-state index is 14.5. The van der Waals surface area contributed by atoms with Gasteiger partial charge in [-0.15, -0.1) is 0 Å². The third kappa shape index (κ3) is 10.1. The van der Waals surface area contributed by atoms with E-state index in [0.29, 0.717) is 0 Å². The Labute approximate surface area is 363 Å². The van der Waals surface area contributed by atoms with E-state index in [-0.39, 0.29) is 50.2 Å². The average molecular weight is 875 g/mol. The van der Waals surface area contributed by atoms with E-state index in [1.54, 1.807) is 39.8 Å². The number of phenols is 2. The topological polar surface area (TPSA) is 261 Å². The number of nitrogens with zero attached hydrogens (tertiary/aromatic N) is 1. The fourth-order valence-electron chi connectivity index (χ4n) is 7.63. The number of anilines is 1. The number of amides is 3. The van der Waals surface area contributed by atoms with Gasteiger partial charge in [0.25, 0.3) is 23.5 Å². The number of phenolic OH excluding ortho intramolecular Hbond substituents is 2. The molecule has 2 aromatic carbocycles. The Hall–Kier alpha value is -6.50. The number of hydrogen-bond acceptors (Lipinski definition) is 15. The number of carbonyl (C=O) groups excluding carboxylic acids is 5. The Bertz CT molecular complexity index is 2350. The number of esters is 1. The second-order valence-electron chi connectivity index (χ2n) is 15.9. The van der Waals surface area contributed by atoms with E-state index in [1.807, 2.05) is 0 Å². The predicted octanol–water partition coefficient (Wildman–Crippen LogP) is 4.28. The van der Waals surface area contributed by atoms with Crippen molar-refractivity contribution < 1.29 is 68.1 Å². The second kappa shape index (κ2) is 19.7. The largest absolute Gasteiger partial charge is 0.507 e. The van der Waals surface area contributed by atoms with Crippen LogP contribution in [0.2, 0.25) is 0 Å². The Balaban J connectivity index is 1.62. The smallest absolute Gasteiger partial charge is 0.312 e. The van der Waals surface area contributed by atoms with Crippen LogP contribution < -0.4 is 25.6 Å². The van der Waals surface area contributed by atoms with Crippen molar-refractivity contribution in [1.29, 1.82) is 0 Å². The monoisotopic (exact) mass is 874 g/mol. The van der Waals surface area contributed by atoms with Gasteiger partial charge < -0.3 is 49.4 Å². The minimum absolute atomic E-state index is 0.0147. The molecule has 18 heteroatoms. The van der Waals surface area contributed by atoms with Crippen molar-refractivity contribution in [3.8, 4) is 23.0 Å². The van der Waals surface area contributed by atoms with Crippen LogP contribution in [-0.4, -0.2) is 98.8 Å². The number of methoxy groups -OCH3 is 1. The minimum Gasteiger partial charge on any atom is -0.507 e. The molecule has 0 saturated heterocycles. The van der Waals surface area contributed by atoms with E-state index in [4.69, 9.17) is 23.7 Å². The van der Waals surface area contributed by atoms with Crippen LogP contribution in [0.5, 0.6) is 23.0 Å². The first-order valence-corrected chi connectivity index (χ1v) is 20.2. The van der Waals surface area contributed by atoms with Gasteiger partial charge in [-0.3, -0.25) is 39.8 Å². The van der Waals surface area contributed by atoms with Gasteiger partial charge in [-0.25, -0.2) is 0 Å². The number of aliphatic hydroxyl groups excluding tert-OH is 2. The Kier molecular flexibility index (Phi) is 14.9. The average Bonchev–Trinajstić information content (AvgIpc) is 3.52. The van der Waals surface area contributed by atoms with Gasteiger partial charge in [0.15, 0.2) is 12.4 Å². The van der Waals surface area contributed by atoms with Crippen LogP contribution in [0, 0.1) is 30.6 Å². The number of nitrogens with one attached hydrogen (secondary N) is 3. The Morgan fingerprint density at radius 1 is 0.937 bits per heavy atom. The number of aliphatic hydroxyl groups is 2. The van der Waals surface area contributed by atoms with Crippen molar-refractivity contribution in [2.45, 2.75) is 85.6 Å². The molecule has 0 fully saturated rings. The van der Waals surface area contributed by atoms with Crippen LogP contribution in [0.4, 0.5) is 5.69 Å². The number of carbonyl (C=O) groups is 5. The number of ether oxygens (including phenoxy) is 5. The van der Waals surface area contributed by atoms with Gasteiger partial charge in [-0.1, -0.05) is 45.9 Å². The first-order valence-electron chi connectivity index (χ1n) is 20.2. The van der Waals surface area contributed by atoms with Crippen LogP contribution in [0.25, 0.3) is 10.8 Å². The summed E-state index contributed by atoms with van der Waals surface area (Å²) in [5.41, 5.74) is 4.38. The van der Waals surface area contributed by atoms with E-state index < -0.39 is 101 Å². The van der Waals surface area contributed by atoms with E-state index >= 15 is 0 Å². The summed E-state index contributed by atoms with van der Waals surface area (Å²) in [6.07, 6.45) is 6.08. The molecule has 7 N–H and O–H groups in total. The summed E-state index contributed by atoms with van der Waals surface area (Å²) < 4.78 is 29.5. The SMILES string of the molecule is CO[C@H]1/C=C/O[C@@]2(C)Oc3c(C)c(O)c4c(O)c(cc(OCC(=O)NNC(=O)c5ccncc5)c4c3C2=O)NC(=O)/C(C)=C\C=C\[C@H](C)[C@H](O)[C@@H](C)[C@@H](O)[C@@H](C)[C@H](OC(C)=O)[C@@H]1C. The van der Waals surface area contributed by atoms with Crippen molar-refractivity contribution in [2.75, 3.05) is 19.0 Å². The molecular weight excluding hydrogens is 821 g/mol. The van der Waals surface area contributed by atoms with Crippen molar-refractivity contribution >= 4 is 45.9 Å². The number of aromatic hydroxyl groups is 2. The Morgan fingerprint density at radius 3 is 2.27 bits per heavy atom. The highest BCUT2D eigenvalue weighted by Gasteiger charge is 2.49. The third-order valence-electron chi connectivity index (χ3n) is 11.4. The summed E-state index contributed by atoms with van der Waals surface area (Å²) >= 11 is 0. The number of hydrazine groups is 1. The van der Waals surface area contributed by atoms with Crippen LogP contribution in [0.15, 0.2) is 66.7 Å². The quantitative estimate of drug-likeness (QED) is 0.104. The number of aromatic nitrogens is 1. The van der Waals surface area contributed by atoms with Gasteiger partial charge in [0.05, 0.1) is 41.2 Å². The summed E-state index contributed by atoms with van der Waals surface area (Å²) in [7, 11) is 1.41. The summed E-state index contributed by atoms with van der Waals surface area (Å²) in [6.45, 7) is 11.5. The molecule has 3 aliphatic rings. The molecule has 3 aliphatic heterocycles. The number of benzene rings is 2.